The Morgan fingerprint density at radius 2 is 1.64 bits per heavy atom. The molecule has 10 nitrogen and oxygen atoms in total. The first-order chi connectivity index (χ1) is 15.4. The van der Waals surface area contributed by atoms with Crippen molar-refractivity contribution in [3.05, 3.63) is 24.3 Å². The van der Waals surface area contributed by atoms with Crippen molar-refractivity contribution in [3.8, 4) is 11.4 Å². The van der Waals surface area contributed by atoms with Crippen molar-refractivity contribution in [1.82, 2.24) is 30.0 Å². The third-order valence-electron chi connectivity index (χ3n) is 4.36. The molecule has 14 heteroatoms. The molecule has 0 bridgehead atoms. The van der Waals surface area contributed by atoms with Gasteiger partial charge in [0.15, 0.2) is 0 Å². The summed E-state index contributed by atoms with van der Waals surface area (Å²) in [5, 5.41) is 11.6. The topological polar surface area (TPSA) is 103 Å². The number of aromatic nitrogens is 4. The van der Waals surface area contributed by atoms with E-state index in [2.05, 4.69) is 20.3 Å². The molecule has 0 spiro atoms. The molecule has 0 saturated carbocycles. The molecule has 2 heterocycles. The Kier molecular flexibility index (Phi) is 7.34. The van der Waals surface area contributed by atoms with Gasteiger partial charge in [-0.2, -0.15) is 4.68 Å². The second kappa shape index (κ2) is 9.85. The number of amides is 2. The lowest BCUT2D eigenvalue weighted by atomic mass is 10.2. The van der Waals surface area contributed by atoms with Crippen LogP contribution in [0.3, 0.4) is 0 Å². The molecule has 1 saturated heterocycles. The van der Waals surface area contributed by atoms with Crippen molar-refractivity contribution < 1.29 is 32.2 Å². The van der Waals surface area contributed by atoms with Crippen LogP contribution in [-0.4, -0.2) is 85.9 Å². The highest BCUT2D eigenvalue weighted by molar-refractivity contribution is 7.99. The number of alkyl halides is 3. The zero-order chi connectivity index (χ0) is 24.2. The first-order valence-corrected chi connectivity index (χ1v) is 10.9. The minimum Gasteiger partial charge on any atom is -0.444 e. The normalized spacial score (nSPS) is 14.8. The number of tetrazole rings is 1. The van der Waals surface area contributed by atoms with Crippen molar-refractivity contribution in [2.75, 3.05) is 31.9 Å². The third-order valence-corrected chi connectivity index (χ3v) is 5.27. The van der Waals surface area contributed by atoms with Crippen molar-refractivity contribution in [3.63, 3.8) is 0 Å². The third kappa shape index (κ3) is 7.23. The second-order valence-electron chi connectivity index (χ2n) is 8.05. The molecule has 2 aromatic rings. The minimum absolute atomic E-state index is 0.0576. The summed E-state index contributed by atoms with van der Waals surface area (Å²) in [5.74, 6) is -0.455. The van der Waals surface area contributed by atoms with E-state index in [4.69, 9.17) is 4.74 Å². The van der Waals surface area contributed by atoms with Crippen LogP contribution < -0.4 is 4.74 Å². The summed E-state index contributed by atoms with van der Waals surface area (Å²) < 4.78 is 47.4. The van der Waals surface area contributed by atoms with Gasteiger partial charge in [0.1, 0.15) is 11.4 Å². The summed E-state index contributed by atoms with van der Waals surface area (Å²) in [7, 11) is 0. The SMILES string of the molecule is CC(C)(C)OC(=O)N1CCN(C(=O)CSc2nnnn2-c2ccc(OC(F)(F)F)cc2)CC1. The number of nitrogens with zero attached hydrogens (tertiary/aromatic N) is 6. The van der Waals surface area contributed by atoms with Crippen molar-refractivity contribution in [2.24, 2.45) is 0 Å². The number of hydrogen-bond donors (Lipinski definition) is 0. The average molecular weight is 488 g/mol. The van der Waals surface area contributed by atoms with Gasteiger partial charge in [-0.05, 0) is 55.5 Å². The van der Waals surface area contributed by atoms with Gasteiger partial charge in [-0.1, -0.05) is 11.8 Å². The van der Waals surface area contributed by atoms with Gasteiger partial charge in [0.2, 0.25) is 11.1 Å². The van der Waals surface area contributed by atoms with Gasteiger partial charge < -0.3 is 19.3 Å². The van der Waals surface area contributed by atoms with E-state index in [9.17, 15) is 22.8 Å². The summed E-state index contributed by atoms with van der Waals surface area (Å²) in [6, 6.07) is 5.04. The van der Waals surface area contributed by atoms with Gasteiger partial charge in [-0.25, -0.2) is 4.79 Å². The summed E-state index contributed by atoms with van der Waals surface area (Å²) in [6.07, 6.45) is -5.19. The summed E-state index contributed by atoms with van der Waals surface area (Å²) in [6.45, 7) is 6.87. The van der Waals surface area contributed by atoms with Crippen LogP contribution in [0.5, 0.6) is 5.75 Å². The fraction of sp³-hybridized carbons (Fsp3) is 0.526. The second-order valence-corrected chi connectivity index (χ2v) is 8.99. The first kappa shape index (κ1) is 24.6. The number of piperazine rings is 1. The van der Waals surface area contributed by atoms with E-state index in [0.29, 0.717) is 37.0 Å². The maximum absolute atomic E-state index is 12.6. The van der Waals surface area contributed by atoms with E-state index in [1.54, 1.807) is 30.6 Å². The molecule has 0 aliphatic carbocycles. The quantitative estimate of drug-likeness (QED) is 0.592. The molecule has 180 valence electrons. The predicted molar refractivity (Wildman–Crippen MR) is 111 cm³/mol. The van der Waals surface area contributed by atoms with Gasteiger partial charge in [-0.15, -0.1) is 18.3 Å². The Bertz CT molecular complexity index is 969. The van der Waals surface area contributed by atoms with Crippen molar-refractivity contribution >= 4 is 23.8 Å². The van der Waals surface area contributed by atoms with Gasteiger partial charge in [0.25, 0.3) is 0 Å². The number of carbonyl (C=O) groups excluding carboxylic acids is 2. The van der Waals surface area contributed by atoms with Crippen LogP contribution in [0.2, 0.25) is 0 Å². The van der Waals surface area contributed by atoms with E-state index < -0.39 is 18.1 Å². The fourth-order valence-corrected chi connectivity index (χ4v) is 3.70. The van der Waals surface area contributed by atoms with E-state index in [1.807, 2.05) is 0 Å². The molecule has 33 heavy (non-hydrogen) atoms. The molecule has 1 aliphatic heterocycles. The lowest BCUT2D eigenvalue weighted by Gasteiger charge is -2.35. The van der Waals surface area contributed by atoms with Gasteiger partial charge in [-0.3, -0.25) is 4.79 Å². The number of rotatable bonds is 5. The van der Waals surface area contributed by atoms with E-state index >= 15 is 0 Å². The number of ether oxygens (including phenoxy) is 2. The molecule has 0 N–H and O–H groups in total. The fourth-order valence-electron chi connectivity index (χ4n) is 2.90. The lowest BCUT2D eigenvalue weighted by molar-refractivity contribution is -0.274. The number of halogens is 3. The average Bonchev–Trinajstić information content (AvgIpc) is 3.19. The van der Waals surface area contributed by atoms with E-state index in [-0.39, 0.29) is 17.4 Å². The number of thioether (sulfide) groups is 1. The maximum atomic E-state index is 12.6. The monoisotopic (exact) mass is 488 g/mol. The molecule has 2 amide bonds. The number of hydrogen-bond acceptors (Lipinski definition) is 8. The van der Waals surface area contributed by atoms with Crippen LogP contribution in [-0.2, 0) is 9.53 Å². The summed E-state index contributed by atoms with van der Waals surface area (Å²) in [5.41, 5.74) is -0.175. The smallest absolute Gasteiger partial charge is 0.444 e. The van der Waals surface area contributed by atoms with Gasteiger partial charge >= 0.3 is 12.5 Å². The van der Waals surface area contributed by atoms with Gasteiger partial charge in [0, 0.05) is 26.2 Å². The summed E-state index contributed by atoms with van der Waals surface area (Å²) in [4.78, 5) is 27.9. The van der Waals surface area contributed by atoms with Crippen LogP contribution in [0.15, 0.2) is 29.4 Å². The molecule has 3 rings (SSSR count). The predicted octanol–water partition coefficient (Wildman–Crippen LogP) is 2.73. The van der Waals surface area contributed by atoms with Crippen LogP contribution >= 0.6 is 11.8 Å². The molecule has 1 aliphatic rings. The van der Waals surface area contributed by atoms with Crippen molar-refractivity contribution in [2.45, 2.75) is 37.9 Å². The number of benzene rings is 1. The maximum Gasteiger partial charge on any atom is 0.573 e. The summed E-state index contributed by atoms with van der Waals surface area (Å²) >= 11 is 1.10. The Morgan fingerprint density at radius 3 is 2.21 bits per heavy atom. The Hall–Kier alpha value is -3.03. The molecule has 0 atom stereocenters. The molecule has 0 radical (unpaired) electrons. The van der Waals surface area contributed by atoms with E-state index in [1.165, 1.54) is 16.8 Å². The van der Waals surface area contributed by atoms with E-state index in [0.717, 1.165) is 23.9 Å². The first-order valence-electron chi connectivity index (χ1n) is 9.94. The molecule has 1 aromatic carbocycles. The Labute approximate surface area is 192 Å². The molecule has 1 fully saturated rings. The zero-order valence-corrected chi connectivity index (χ0v) is 19.0. The van der Waals surface area contributed by atoms with Crippen LogP contribution in [0, 0.1) is 0 Å². The highest BCUT2D eigenvalue weighted by Crippen LogP contribution is 2.25. The van der Waals surface area contributed by atoms with Crippen LogP contribution in [0.4, 0.5) is 18.0 Å². The zero-order valence-electron chi connectivity index (χ0n) is 18.2. The molecule has 0 unspecified atom stereocenters. The largest absolute Gasteiger partial charge is 0.573 e. The van der Waals surface area contributed by atoms with Crippen LogP contribution in [0.25, 0.3) is 5.69 Å². The van der Waals surface area contributed by atoms with Gasteiger partial charge in [0.05, 0.1) is 11.4 Å². The van der Waals surface area contributed by atoms with Crippen molar-refractivity contribution in [1.29, 1.82) is 0 Å². The highest BCUT2D eigenvalue weighted by Gasteiger charge is 2.31. The highest BCUT2D eigenvalue weighted by atomic mass is 32.2. The minimum atomic E-state index is -4.78. The Morgan fingerprint density at radius 1 is 1.03 bits per heavy atom. The van der Waals surface area contributed by atoms with Crippen LogP contribution in [0.1, 0.15) is 20.8 Å². The molecular weight excluding hydrogens is 465 g/mol. The Balaban J connectivity index is 1.52. The standard InChI is InChI=1S/C19H23F3N6O4S/c1-18(2,3)32-17(30)27-10-8-26(9-11-27)15(29)12-33-16-23-24-25-28(16)13-4-6-14(7-5-13)31-19(20,21)22/h4-7H,8-12H2,1-3H3. The lowest BCUT2D eigenvalue weighted by Crippen LogP contribution is -2.52. The number of carbonyl (C=O) groups is 2. The molecule has 1 aromatic heterocycles. The molecular formula is C19H23F3N6O4S.